The molecule has 0 radical (unpaired) electrons. The van der Waals surface area contributed by atoms with Gasteiger partial charge in [-0.1, -0.05) is 13.0 Å². The Hall–Kier alpha value is -1.64. The van der Waals surface area contributed by atoms with Crippen molar-refractivity contribution in [3.8, 4) is 11.5 Å². The van der Waals surface area contributed by atoms with E-state index in [2.05, 4.69) is 42.5 Å². The third-order valence-electron chi connectivity index (χ3n) is 3.51. The number of benzene rings is 2. The number of nitrogens with one attached hydrogen (secondary N) is 2. The van der Waals surface area contributed by atoms with Gasteiger partial charge in [0.1, 0.15) is 11.5 Å². The minimum atomic E-state index is -0.339. The van der Waals surface area contributed by atoms with E-state index in [9.17, 15) is 9.90 Å². The normalized spacial score (nSPS) is 11.5. The van der Waals surface area contributed by atoms with Gasteiger partial charge in [0.25, 0.3) is 5.91 Å². The molecule has 3 N–H and O–H groups in total. The molecule has 0 heterocycles. The van der Waals surface area contributed by atoms with Crippen molar-refractivity contribution in [2.24, 2.45) is 0 Å². The van der Waals surface area contributed by atoms with E-state index in [1.165, 1.54) is 0 Å². The summed E-state index contributed by atoms with van der Waals surface area (Å²) in [6.45, 7) is 4.01. The summed E-state index contributed by atoms with van der Waals surface area (Å²) in [5, 5.41) is 15.4. The molecule has 2 aromatic carbocycles. The number of carbonyl (C=O) groups is 1. The zero-order chi connectivity index (χ0) is 19.3. The van der Waals surface area contributed by atoms with E-state index < -0.39 is 0 Å². The van der Waals surface area contributed by atoms with Crippen molar-refractivity contribution in [3.63, 3.8) is 0 Å². The van der Waals surface area contributed by atoms with E-state index >= 15 is 0 Å². The lowest BCUT2D eigenvalue weighted by Crippen LogP contribution is -2.34. The lowest BCUT2D eigenvalue weighted by Gasteiger charge is -2.14. The highest BCUT2D eigenvalue weighted by atomic mass is 79.9. The molecule has 1 amide bonds. The van der Waals surface area contributed by atoms with Crippen LogP contribution >= 0.6 is 44.1 Å². The molecule has 8 heteroatoms. The van der Waals surface area contributed by atoms with Crippen LogP contribution in [0.15, 0.2) is 45.3 Å². The first-order valence-corrected chi connectivity index (χ1v) is 9.86. The van der Waals surface area contributed by atoms with Crippen LogP contribution in [-0.4, -0.2) is 22.2 Å². The highest BCUT2D eigenvalue weighted by Crippen LogP contribution is 2.35. The van der Waals surface area contributed by atoms with Crippen molar-refractivity contribution in [2.75, 3.05) is 5.32 Å². The number of ether oxygens (including phenoxy) is 1. The second-order valence-electron chi connectivity index (χ2n) is 5.56. The number of phenolic OH excluding ortho intramolecular Hbond substituents is 1. The van der Waals surface area contributed by atoms with Gasteiger partial charge in [0.2, 0.25) is 0 Å². The number of rotatable bonds is 5. The first-order valence-electron chi connectivity index (χ1n) is 7.87. The van der Waals surface area contributed by atoms with Gasteiger partial charge in [-0.3, -0.25) is 10.1 Å². The van der Waals surface area contributed by atoms with Crippen molar-refractivity contribution in [2.45, 2.75) is 26.4 Å². The summed E-state index contributed by atoms with van der Waals surface area (Å²) in [6, 6.07) is 10.2. The molecular weight excluding hydrogens is 484 g/mol. The first-order chi connectivity index (χ1) is 12.3. The fourth-order valence-corrected chi connectivity index (χ4v) is 3.40. The predicted molar refractivity (Wildman–Crippen MR) is 114 cm³/mol. The van der Waals surface area contributed by atoms with E-state index in [0.29, 0.717) is 25.9 Å². The molecule has 1 unspecified atom stereocenters. The third-order valence-corrected chi connectivity index (χ3v) is 4.92. The molecule has 26 heavy (non-hydrogen) atoms. The average Bonchev–Trinajstić information content (AvgIpc) is 2.59. The van der Waals surface area contributed by atoms with Gasteiger partial charge in [-0.2, -0.15) is 0 Å². The number of thiocarbonyl (C=S) groups is 1. The molecule has 0 saturated carbocycles. The van der Waals surface area contributed by atoms with Crippen molar-refractivity contribution < 1.29 is 14.6 Å². The summed E-state index contributed by atoms with van der Waals surface area (Å²) in [6.07, 6.45) is 0.949. The number of halogens is 2. The number of amides is 1. The quantitative estimate of drug-likeness (QED) is 0.387. The van der Waals surface area contributed by atoms with Crippen molar-refractivity contribution in [1.82, 2.24) is 5.32 Å². The Kier molecular flexibility index (Phi) is 7.43. The summed E-state index contributed by atoms with van der Waals surface area (Å²) in [4.78, 5) is 12.4. The summed E-state index contributed by atoms with van der Waals surface area (Å²) >= 11 is 11.7. The molecule has 0 aromatic heterocycles. The molecule has 0 saturated heterocycles. The minimum absolute atomic E-state index is 0.0717. The van der Waals surface area contributed by atoms with E-state index in [1.54, 1.807) is 30.3 Å². The molecule has 2 aromatic rings. The molecule has 2 rings (SSSR count). The Labute approximate surface area is 174 Å². The Balaban J connectivity index is 2.03. The number of phenols is 1. The third kappa shape index (κ3) is 5.69. The van der Waals surface area contributed by atoms with Crippen LogP contribution in [0.2, 0.25) is 0 Å². The van der Waals surface area contributed by atoms with Crippen LogP contribution in [0.1, 0.15) is 30.6 Å². The SMILES string of the molecule is CCC(C)Oc1cccc(C(=O)NC(=S)Nc2cc(Br)c(O)c(Br)c2)c1. The van der Waals surface area contributed by atoms with E-state index in [0.717, 1.165) is 6.42 Å². The molecule has 0 aliphatic rings. The van der Waals surface area contributed by atoms with Crippen LogP contribution in [0.4, 0.5) is 5.69 Å². The van der Waals surface area contributed by atoms with Crippen LogP contribution in [0.5, 0.6) is 11.5 Å². The van der Waals surface area contributed by atoms with Gasteiger partial charge in [0.05, 0.1) is 15.0 Å². The zero-order valence-electron chi connectivity index (χ0n) is 14.2. The number of anilines is 1. The van der Waals surface area contributed by atoms with Crippen LogP contribution in [0.25, 0.3) is 0 Å². The van der Waals surface area contributed by atoms with Crippen LogP contribution in [0.3, 0.4) is 0 Å². The van der Waals surface area contributed by atoms with E-state index in [4.69, 9.17) is 17.0 Å². The molecule has 1 atom stereocenters. The van der Waals surface area contributed by atoms with Crippen LogP contribution in [-0.2, 0) is 0 Å². The second kappa shape index (κ2) is 9.34. The number of aromatic hydroxyl groups is 1. The number of carbonyl (C=O) groups excluding carboxylic acids is 1. The van der Waals surface area contributed by atoms with Gasteiger partial charge in [-0.15, -0.1) is 0 Å². The van der Waals surface area contributed by atoms with E-state index in [-0.39, 0.29) is 22.9 Å². The van der Waals surface area contributed by atoms with Crippen molar-refractivity contribution in [1.29, 1.82) is 0 Å². The molecule has 0 aliphatic carbocycles. The van der Waals surface area contributed by atoms with Gasteiger partial charge < -0.3 is 15.2 Å². The molecule has 0 spiro atoms. The molecular formula is C18H18Br2N2O3S. The van der Waals surface area contributed by atoms with Crippen LogP contribution < -0.4 is 15.4 Å². The van der Waals surface area contributed by atoms with Crippen molar-refractivity contribution in [3.05, 3.63) is 50.9 Å². The standard InChI is InChI=1S/C18H18Br2N2O3S/c1-3-10(2)25-13-6-4-5-11(7-13)17(24)22-18(26)21-12-8-14(19)16(23)15(20)9-12/h4-10,23H,3H2,1-2H3,(H2,21,22,24,26). The molecule has 0 fully saturated rings. The van der Waals surface area contributed by atoms with Gasteiger partial charge in [0, 0.05) is 11.3 Å². The fourth-order valence-electron chi connectivity index (χ4n) is 2.00. The summed E-state index contributed by atoms with van der Waals surface area (Å²) < 4.78 is 6.73. The maximum Gasteiger partial charge on any atom is 0.257 e. The highest BCUT2D eigenvalue weighted by Gasteiger charge is 2.12. The van der Waals surface area contributed by atoms with Gasteiger partial charge >= 0.3 is 0 Å². The minimum Gasteiger partial charge on any atom is -0.506 e. The average molecular weight is 502 g/mol. The number of hydrogen-bond acceptors (Lipinski definition) is 4. The molecule has 0 aliphatic heterocycles. The second-order valence-corrected chi connectivity index (χ2v) is 7.68. The Morgan fingerprint density at radius 1 is 1.27 bits per heavy atom. The Morgan fingerprint density at radius 3 is 2.54 bits per heavy atom. The van der Waals surface area contributed by atoms with Gasteiger partial charge in [-0.05, 0) is 87.8 Å². The van der Waals surface area contributed by atoms with Crippen molar-refractivity contribution >= 4 is 60.8 Å². The first kappa shape index (κ1) is 20.7. The highest BCUT2D eigenvalue weighted by molar-refractivity contribution is 9.11. The Morgan fingerprint density at radius 2 is 1.92 bits per heavy atom. The fraction of sp³-hybridized carbons (Fsp3) is 0.222. The smallest absolute Gasteiger partial charge is 0.257 e. The largest absolute Gasteiger partial charge is 0.506 e. The lowest BCUT2D eigenvalue weighted by molar-refractivity contribution is 0.0977. The zero-order valence-corrected chi connectivity index (χ0v) is 18.2. The maximum absolute atomic E-state index is 12.4. The monoisotopic (exact) mass is 500 g/mol. The van der Waals surface area contributed by atoms with E-state index in [1.807, 2.05) is 19.9 Å². The summed E-state index contributed by atoms with van der Waals surface area (Å²) in [7, 11) is 0. The molecule has 138 valence electrons. The summed E-state index contributed by atoms with van der Waals surface area (Å²) in [5.74, 6) is 0.384. The summed E-state index contributed by atoms with van der Waals surface area (Å²) in [5.41, 5.74) is 1.06. The van der Waals surface area contributed by atoms with Gasteiger partial charge in [-0.25, -0.2) is 0 Å². The number of hydrogen-bond donors (Lipinski definition) is 3. The molecule has 5 nitrogen and oxygen atoms in total. The van der Waals surface area contributed by atoms with Crippen LogP contribution in [0, 0.1) is 0 Å². The maximum atomic E-state index is 12.4. The van der Waals surface area contributed by atoms with Gasteiger partial charge in [0.15, 0.2) is 5.11 Å². The lowest BCUT2D eigenvalue weighted by atomic mass is 10.2. The predicted octanol–water partition coefficient (Wildman–Crippen LogP) is 5.22. The topological polar surface area (TPSA) is 70.6 Å². The molecule has 0 bridgehead atoms. The Bertz CT molecular complexity index is 807.